The molecule has 3 rings (SSSR count). The minimum absolute atomic E-state index is 0. The Morgan fingerprint density at radius 1 is 1.20 bits per heavy atom. The molecule has 0 aliphatic heterocycles. The first-order valence-electron chi connectivity index (χ1n) is 8.08. The van der Waals surface area contributed by atoms with Gasteiger partial charge in [-0.1, -0.05) is 42.5 Å². The molecule has 1 heterocycles. The van der Waals surface area contributed by atoms with E-state index in [4.69, 9.17) is 0 Å². The molecule has 0 fully saturated rings. The van der Waals surface area contributed by atoms with Gasteiger partial charge in [0.2, 0.25) is 5.91 Å². The summed E-state index contributed by atoms with van der Waals surface area (Å²) in [5.41, 5.74) is 2.08. The van der Waals surface area contributed by atoms with Crippen LogP contribution >= 0.6 is 12.4 Å². The van der Waals surface area contributed by atoms with Crippen molar-refractivity contribution in [2.75, 3.05) is 13.6 Å². The molecular formula is C19H23ClN4O. The van der Waals surface area contributed by atoms with Crippen molar-refractivity contribution >= 4 is 29.1 Å². The van der Waals surface area contributed by atoms with Gasteiger partial charge < -0.3 is 10.6 Å². The monoisotopic (exact) mass is 358 g/mol. The molecule has 1 amide bonds. The predicted octanol–water partition coefficient (Wildman–Crippen LogP) is 2.61. The molecule has 0 aliphatic rings. The number of aromatic nitrogens is 2. The summed E-state index contributed by atoms with van der Waals surface area (Å²) in [7, 11) is 3.62. The fourth-order valence-corrected chi connectivity index (χ4v) is 2.86. The Morgan fingerprint density at radius 2 is 1.96 bits per heavy atom. The molecule has 2 aromatic carbocycles. The molecule has 1 aromatic heterocycles. The molecule has 25 heavy (non-hydrogen) atoms. The second-order valence-electron chi connectivity index (χ2n) is 5.89. The van der Waals surface area contributed by atoms with Crippen LogP contribution in [0.15, 0.2) is 54.9 Å². The van der Waals surface area contributed by atoms with Gasteiger partial charge in [0.15, 0.2) is 0 Å². The summed E-state index contributed by atoms with van der Waals surface area (Å²) in [5.74, 6) is -0.0358. The third-order valence-electron chi connectivity index (χ3n) is 4.14. The molecule has 6 heteroatoms. The third-order valence-corrected chi connectivity index (χ3v) is 4.14. The minimum Gasteiger partial charge on any atom is -0.354 e. The number of hydrogen-bond acceptors (Lipinski definition) is 3. The highest BCUT2D eigenvalue weighted by atomic mass is 35.5. The first kappa shape index (κ1) is 19.0. The zero-order chi connectivity index (χ0) is 16.9. The van der Waals surface area contributed by atoms with E-state index in [0.717, 1.165) is 12.0 Å². The maximum atomic E-state index is 12.4. The van der Waals surface area contributed by atoms with E-state index in [1.807, 2.05) is 25.4 Å². The summed E-state index contributed by atoms with van der Waals surface area (Å²) in [6.45, 7) is 0.607. The van der Waals surface area contributed by atoms with Crippen LogP contribution in [0.5, 0.6) is 0 Å². The molecule has 1 atom stereocenters. The van der Waals surface area contributed by atoms with Crippen molar-refractivity contribution in [3.05, 3.63) is 66.0 Å². The molecule has 132 valence electrons. The number of likely N-dealkylation sites (N-methyl/N-ethyl adjacent to an activating group) is 1. The second-order valence-corrected chi connectivity index (χ2v) is 5.89. The van der Waals surface area contributed by atoms with Gasteiger partial charge in [-0.05, 0) is 29.8 Å². The van der Waals surface area contributed by atoms with Crippen LogP contribution in [0, 0.1) is 0 Å². The maximum Gasteiger partial charge on any atom is 0.241 e. The third kappa shape index (κ3) is 4.59. The van der Waals surface area contributed by atoms with Gasteiger partial charge in [0, 0.05) is 25.4 Å². The molecule has 0 bridgehead atoms. The first-order valence-corrected chi connectivity index (χ1v) is 8.08. The van der Waals surface area contributed by atoms with Gasteiger partial charge in [0.05, 0.1) is 6.20 Å². The number of hydrogen-bond donors (Lipinski definition) is 2. The average Bonchev–Trinajstić information content (AvgIpc) is 3.01. The Hall–Kier alpha value is -2.37. The largest absolute Gasteiger partial charge is 0.354 e. The zero-order valence-corrected chi connectivity index (χ0v) is 15.2. The predicted molar refractivity (Wildman–Crippen MR) is 103 cm³/mol. The van der Waals surface area contributed by atoms with E-state index in [0.29, 0.717) is 6.54 Å². The van der Waals surface area contributed by atoms with Crippen LogP contribution in [0.2, 0.25) is 0 Å². The van der Waals surface area contributed by atoms with E-state index in [2.05, 4.69) is 46.1 Å². The van der Waals surface area contributed by atoms with E-state index in [9.17, 15) is 4.79 Å². The number of nitrogens with one attached hydrogen (secondary N) is 2. The number of nitrogens with zero attached hydrogens (tertiary/aromatic N) is 2. The van der Waals surface area contributed by atoms with Crippen molar-refractivity contribution in [2.24, 2.45) is 7.05 Å². The van der Waals surface area contributed by atoms with Crippen LogP contribution in [0.25, 0.3) is 10.8 Å². The molecule has 0 saturated heterocycles. The average molecular weight is 359 g/mol. The van der Waals surface area contributed by atoms with Gasteiger partial charge in [0.1, 0.15) is 6.04 Å². The highest BCUT2D eigenvalue weighted by Crippen LogP contribution is 2.16. The number of amides is 1. The van der Waals surface area contributed by atoms with Crippen LogP contribution in [-0.4, -0.2) is 29.3 Å². The molecule has 2 N–H and O–H groups in total. The molecule has 0 saturated carbocycles. The Kier molecular flexibility index (Phi) is 6.56. The lowest BCUT2D eigenvalue weighted by molar-refractivity contribution is -0.123. The van der Waals surface area contributed by atoms with Gasteiger partial charge in [-0.25, -0.2) is 0 Å². The number of carbonyl (C=O) groups excluding carboxylic acids is 1. The molecule has 0 spiro atoms. The summed E-state index contributed by atoms with van der Waals surface area (Å²) in [6.07, 6.45) is 4.37. The topological polar surface area (TPSA) is 59.0 Å². The van der Waals surface area contributed by atoms with Crippen LogP contribution in [0.1, 0.15) is 17.2 Å². The summed E-state index contributed by atoms with van der Waals surface area (Å²) in [5, 5.41) is 12.6. The van der Waals surface area contributed by atoms with Gasteiger partial charge in [-0.15, -0.1) is 12.4 Å². The summed E-state index contributed by atoms with van der Waals surface area (Å²) in [4.78, 5) is 12.4. The van der Waals surface area contributed by atoms with E-state index in [1.54, 1.807) is 17.9 Å². The van der Waals surface area contributed by atoms with Crippen molar-refractivity contribution in [1.29, 1.82) is 0 Å². The molecular weight excluding hydrogens is 336 g/mol. The lowest BCUT2D eigenvalue weighted by atomic mass is 10.1. The van der Waals surface area contributed by atoms with Crippen molar-refractivity contribution in [3.63, 3.8) is 0 Å². The lowest BCUT2D eigenvalue weighted by Crippen LogP contribution is -2.36. The summed E-state index contributed by atoms with van der Waals surface area (Å²) < 4.78 is 1.70. The Morgan fingerprint density at radius 3 is 2.64 bits per heavy atom. The van der Waals surface area contributed by atoms with Crippen molar-refractivity contribution in [2.45, 2.75) is 12.5 Å². The van der Waals surface area contributed by atoms with Crippen molar-refractivity contribution in [1.82, 2.24) is 20.4 Å². The van der Waals surface area contributed by atoms with Gasteiger partial charge in [0.25, 0.3) is 0 Å². The van der Waals surface area contributed by atoms with E-state index in [-0.39, 0.29) is 24.4 Å². The number of fused-ring (bicyclic) bond motifs is 1. The number of carbonyl (C=O) groups is 1. The van der Waals surface area contributed by atoms with Gasteiger partial charge >= 0.3 is 0 Å². The smallest absolute Gasteiger partial charge is 0.241 e. The zero-order valence-electron chi connectivity index (χ0n) is 14.4. The number of rotatable bonds is 6. The molecule has 0 radical (unpaired) electrons. The lowest BCUT2D eigenvalue weighted by Gasteiger charge is -2.14. The number of halogens is 1. The highest BCUT2D eigenvalue weighted by Gasteiger charge is 2.19. The highest BCUT2D eigenvalue weighted by molar-refractivity contribution is 5.85. The quantitative estimate of drug-likeness (QED) is 0.712. The number of aryl methyl sites for hydroxylation is 1. The molecule has 1 unspecified atom stereocenters. The van der Waals surface area contributed by atoms with Crippen LogP contribution in [0.4, 0.5) is 0 Å². The van der Waals surface area contributed by atoms with Crippen LogP contribution in [-0.2, 0) is 18.3 Å². The Labute approximate surface area is 153 Å². The van der Waals surface area contributed by atoms with Gasteiger partial charge in [-0.3, -0.25) is 9.48 Å². The fraction of sp³-hybridized carbons (Fsp3) is 0.263. The molecule has 3 aromatic rings. The fourth-order valence-electron chi connectivity index (χ4n) is 2.86. The Balaban J connectivity index is 0.00000225. The maximum absolute atomic E-state index is 12.4. The second kappa shape index (κ2) is 8.65. The van der Waals surface area contributed by atoms with E-state index < -0.39 is 0 Å². The normalized spacial score (nSPS) is 11.8. The first-order chi connectivity index (χ1) is 11.7. The SMILES string of the molecule is CNC(C(=O)NCCc1ccc2ccccc2c1)c1cnn(C)c1.Cl. The minimum atomic E-state index is -0.379. The summed E-state index contributed by atoms with van der Waals surface area (Å²) >= 11 is 0. The molecule has 5 nitrogen and oxygen atoms in total. The van der Waals surface area contributed by atoms with Gasteiger partial charge in [-0.2, -0.15) is 5.10 Å². The van der Waals surface area contributed by atoms with E-state index in [1.165, 1.54) is 16.3 Å². The van der Waals surface area contributed by atoms with Crippen molar-refractivity contribution < 1.29 is 4.79 Å². The van der Waals surface area contributed by atoms with Crippen LogP contribution < -0.4 is 10.6 Å². The molecule has 0 aliphatic carbocycles. The Bertz CT molecular complexity index is 846. The standard InChI is InChI=1S/C19H22N4O.ClH/c1-20-18(17-12-22-23(2)13-17)19(24)21-10-9-14-7-8-15-5-3-4-6-16(15)11-14;/h3-8,11-13,18,20H,9-10H2,1-2H3,(H,21,24);1H. The summed E-state index contributed by atoms with van der Waals surface area (Å²) in [6, 6.07) is 14.3. The van der Waals surface area contributed by atoms with Crippen molar-refractivity contribution in [3.8, 4) is 0 Å². The number of benzene rings is 2. The van der Waals surface area contributed by atoms with E-state index >= 15 is 0 Å². The van der Waals surface area contributed by atoms with Crippen LogP contribution in [0.3, 0.4) is 0 Å².